The van der Waals surface area contributed by atoms with E-state index in [-0.39, 0.29) is 5.82 Å². The van der Waals surface area contributed by atoms with Crippen LogP contribution in [0, 0.1) is 5.82 Å². The van der Waals surface area contributed by atoms with Crippen LogP contribution in [0.2, 0.25) is 5.02 Å². The fourth-order valence-electron chi connectivity index (χ4n) is 4.42. The van der Waals surface area contributed by atoms with E-state index in [1.165, 1.54) is 6.07 Å². The summed E-state index contributed by atoms with van der Waals surface area (Å²) in [6, 6.07) is 33.9. The van der Waals surface area contributed by atoms with Gasteiger partial charge in [-0.1, -0.05) is 88.2 Å². The van der Waals surface area contributed by atoms with Gasteiger partial charge in [0.1, 0.15) is 17.3 Å². The van der Waals surface area contributed by atoms with Gasteiger partial charge in [0.05, 0.1) is 5.52 Å². The third-order valence-electron chi connectivity index (χ3n) is 6.09. The first-order valence-corrected chi connectivity index (χ1v) is 12.5. The third-order valence-corrected chi connectivity index (χ3v) is 6.81. The van der Waals surface area contributed by atoms with E-state index in [0.29, 0.717) is 44.2 Å². The number of ether oxygens (including phenoxy) is 1. The highest BCUT2D eigenvalue weighted by Crippen LogP contribution is 2.46. The molecule has 5 aromatic carbocycles. The van der Waals surface area contributed by atoms with Crippen molar-refractivity contribution in [2.45, 2.75) is 0 Å². The molecule has 0 saturated carbocycles. The molecule has 0 aliphatic rings. The Morgan fingerprint density at radius 3 is 2.33 bits per heavy atom. The summed E-state index contributed by atoms with van der Waals surface area (Å²) in [4.78, 5) is 4.96. The van der Waals surface area contributed by atoms with Crippen molar-refractivity contribution < 1.29 is 9.13 Å². The van der Waals surface area contributed by atoms with Gasteiger partial charge in [-0.05, 0) is 59.3 Å². The van der Waals surface area contributed by atoms with Crippen LogP contribution in [-0.2, 0) is 0 Å². The van der Waals surface area contributed by atoms with Gasteiger partial charge in [-0.2, -0.15) is 0 Å². The highest BCUT2D eigenvalue weighted by Gasteiger charge is 2.22. The van der Waals surface area contributed by atoms with Gasteiger partial charge in [0, 0.05) is 31.6 Å². The Labute approximate surface area is 221 Å². The second-order valence-electron chi connectivity index (χ2n) is 8.43. The fourth-order valence-corrected chi connectivity index (χ4v) is 4.97. The van der Waals surface area contributed by atoms with Gasteiger partial charge in [0.25, 0.3) is 0 Å². The molecular weight excluding hydrogens is 537 g/mol. The molecule has 6 aromatic rings. The molecule has 0 aliphatic carbocycles. The number of fused-ring (bicyclic) bond motifs is 2. The minimum atomic E-state index is -0.350. The van der Waals surface area contributed by atoms with Crippen LogP contribution >= 0.6 is 27.5 Å². The second kappa shape index (κ2) is 9.38. The van der Waals surface area contributed by atoms with Crippen molar-refractivity contribution >= 4 is 49.2 Å². The Balaban J connectivity index is 1.67. The fraction of sp³-hybridized carbons (Fsp3) is 0. The first kappa shape index (κ1) is 22.7. The average molecular weight is 555 g/mol. The van der Waals surface area contributed by atoms with Crippen LogP contribution in [0.3, 0.4) is 0 Å². The summed E-state index contributed by atoms with van der Waals surface area (Å²) in [5.74, 6) is 0.748. The predicted molar refractivity (Wildman–Crippen MR) is 149 cm³/mol. The third kappa shape index (κ3) is 4.23. The molecule has 0 aliphatic heterocycles. The molecule has 2 nitrogen and oxygen atoms in total. The maximum absolute atomic E-state index is 15.3. The van der Waals surface area contributed by atoms with Gasteiger partial charge < -0.3 is 4.74 Å². The normalized spacial score (nSPS) is 11.2. The van der Waals surface area contributed by atoms with Gasteiger partial charge in [-0.25, -0.2) is 9.37 Å². The maximum Gasteiger partial charge on any atom is 0.162 e. The summed E-state index contributed by atoms with van der Waals surface area (Å²) in [6.45, 7) is 0. The Bertz CT molecular complexity index is 1750. The summed E-state index contributed by atoms with van der Waals surface area (Å²) < 4.78 is 22.9. The van der Waals surface area contributed by atoms with E-state index in [4.69, 9.17) is 21.3 Å². The Morgan fingerprint density at radius 1 is 0.750 bits per heavy atom. The zero-order chi connectivity index (χ0) is 24.6. The van der Waals surface area contributed by atoms with Crippen molar-refractivity contribution in [1.82, 2.24) is 4.98 Å². The molecule has 0 N–H and O–H groups in total. The Kier molecular flexibility index (Phi) is 5.92. The lowest BCUT2D eigenvalue weighted by molar-refractivity contribution is 0.485. The van der Waals surface area contributed by atoms with Crippen molar-refractivity contribution in [2.75, 3.05) is 0 Å². The minimum absolute atomic E-state index is 0.350. The smallest absolute Gasteiger partial charge is 0.162 e. The predicted octanol–water partition coefficient (Wildman–Crippen LogP) is 10.1. The van der Waals surface area contributed by atoms with Gasteiger partial charge in [-0.3, -0.25) is 0 Å². The van der Waals surface area contributed by atoms with E-state index in [1.54, 1.807) is 18.2 Å². The van der Waals surface area contributed by atoms with E-state index in [9.17, 15) is 0 Å². The molecule has 174 valence electrons. The first-order valence-electron chi connectivity index (χ1n) is 11.4. The number of hydrogen-bond acceptors (Lipinski definition) is 2. The van der Waals surface area contributed by atoms with Crippen LogP contribution in [0.5, 0.6) is 11.5 Å². The van der Waals surface area contributed by atoms with Gasteiger partial charge in [0.15, 0.2) is 5.75 Å². The summed E-state index contributed by atoms with van der Waals surface area (Å²) in [5, 5.41) is 3.36. The lowest BCUT2D eigenvalue weighted by atomic mass is 9.96. The largest absolute Gasteiger partial charge is 0.454 e. The average Bonchev–Trinajstić information content (AvgIpc) is 2.89. The summed E-state index contributed by atoms with van der Waals surface area (Å²) in [5.41, 5.74) is 3.22. The van der Waals surface area contributed by atoms with Crippen LogP contribution in [0.1, 0.15) is 0 Å². The number of pyridine rings is 1. The SMILES string of the molecule is Fc1ccccc1-c1c(Oc2ccc3cc(Br)ccc3c2)c(-c2ccccc2)nc2ccc(Cl)cc12. The van der Waals surface area contributed by atoms with Crippen LogP contribution in [0.15, 0.2) is 114 Å². The highest BCUT2D eigenvalue weighted by atomic mass is 79.9. The Hall–Kier alpha value is -3.73. The molecule has 0 bridgehead atoms. The second-order valence-corrected chi connectivity index (χ2v) is 9.78. The molecule has 36 heavy (non-hydrogen) atoms. The van der Waals surface area contributed by atoms with E-state index in [1.807, 2.05) is 78.9 Å². The molecule has 0 fully saturated rings. The van der Waals surface area contributed by atoms with Crippen molar-refractivity contribution in [3.63, 3.8) is 0 Å². The topological polar surface area (TPSA) is 22.1 Å². The van der Waals surface area contributed by atoms with Crippen molar-refractivity contribution in [3.8, 4) is 33.9 Å². The van der Waals surface area contributed by atoms with Crippen molar-refractivity contribution in [3.05, 3.63) is 125 Å². The van der Waals surface area contributed by atoms with Crippen LogP contribution in [0.4, 0.5) is 4.39 Å². The number of benzene rings is 5. The molecule has 1 aromatic heterocycles. The minimum Gasteiger partial charge on any atom is -0.454 e. The quantitative estimate of drug-likeness (QED) is 0.216. The van der Waals surface area contributed by atoms with E-state index < -0.39 is 0 Å². The van der Waals surface area contributed by atoms with Crippen LogP contribution in [-0.4, -0.2) is 4.98 Å². The lowest BCUT2D eigenvalue weighted by Crippen LogP contribution is -1.98. The molecule has 0 spiro atoms. The molecule has 6 rings (SSSR count). The van der Waals surface area contributed by atoms with E-state index in [2.05, 4.69) is 22.0 Å². The van der Waals surface area contributed by atoms with Gasteiger partial charge in [0.2, 0.25) is 0 Å². The zero-order valence-corrected chi connectivity index (χ0v) is 21.2. The molecular formula is C31H18BrClFNO. The molecule has 0 radical (unpaired) electrons. The lowest BCUT2D eigenvalue weighted by Gasteiger charge is -2.19. The molecule has 5 heteroatoms. The van der Waals surface area contributed by atoms with Gasteiger partial charge in [-0.15, -0.1) is 0 Å². The molecule has 0 saturated heterocycles. The summed E-state index contributed by atoms with van der Waals surface area (Å²) in [6.07, 6.45) is 0. The zero-order valence-electron chi connectivity index (χ0n) is 18.9. The monoisotopic (exact) mass is 553 g/mol. The number of rotatable bonds is 4. The van der Waals surface area contributed by atoms with E-state index >= 15 is 4.39 Å². The summed E-state index contributed by atoms with van der Waals surface area (Å²) >= 11 is 9.92. The number of halogens is 3. The number of nitrogens with zero attached hydrogens (tertiary/aromatic N) is 1. The standard InChI is InChI=1S/C31H18BrClFNO/c32-22-12-10-21-17-24(14-11-20(21)16-22)36-31-29(25-8-4-5-9-27(25)34)26-18-23(33)13-15-28(26)35-30(31)19-6-2-1-3-7-19/h1-18H. The van der Waals surface area contributed by atoms with Crippen LogP contribution in [0.25, 0.3) is 44.1 Å². The van der Waals surface area contributed by atoms with Gasteiger partial charge >= 0.3 is 0 Å². The van der Waals surface area contributed by atoms with Crippen molar-refractivity contribution in [1.29, 1.82) is 0 Å². The molecule has 0 amide bonds. The van der Waals surface area contributed by atoms with E-state index in [0.717, 1.165) is 20.8 Å². The highest BCUT2D eigenvalue weighted by molar-refractivity contribution is 9.10. The first-order chi connectivity index (χ1) is 17.6. The van der Waals surface area contributed by atoms with Crippen LogP contribution < -0.4 is 4.74 Å². The maximum atomic E-state index is 15.3. The van der Waals surface area contributed by atoms with Crippen molar-refractivity contribution in [2.24, 2.45) is 0 Å². The number of hydrogen-bond donors (Lipinski definition) is 0. The molecule has 0 atom stereocenters. The summed E-state index contributed by atoms with van der Waals surface area (Å²) in [7, 11) is 0. The molecule has 0 unspecified atom stereocenters. The Morgan fingerprint density at radius 2 is 1.50 bits per heavy atom. The molecule has 1 heterocycles. The number of aromatic nitrogens is 1.